The lowest BCUT2D eigenvalue weighted by molar-refractivity contribution is -0.117. The van der Waals surface area contributed by atoms with E-state index in [1.807, 2.05) is 0 Å². The normalized spacial score (nSPS) is 12.9. The molecule has 3 heteroatoms. The van der Waals surface area contributed by atoms with Gasteiger partial charge in [-0.05, 0) is 33.2 Å². The average molecular weight is 283 g/mol. The fraction of sp³-hybridized carbons (Fsp3) is 0.889. The molecule has 0 aliphatic rings. The molecule has 0 aromatic carbocycles. The van der Waals surface area contributed by atoms with Crippen LogP contribution in [0.1, 0.15) is 39.5 Å². The third-order valence-corrected chi connectivity index (χ3v) is 2.07. The van der Waals surface area contributed by atoms with Gasteiger partial charge in [0.05, 0.1) is 4.05 Å². The number of halogens is 1. The summed E-state index contributed by atoms with van der Waals surface area (Å²) in [5.41, 5.74) is 0. The Bertz CT molecular complexity index is 126. The van der Waals surface area contributed by atoms with Gasteiger partial charge in [0.1, 0.15) is 5.78 Å². The number of hydrogen-bond donors (Lipinski definition) is 1. The van der Waals surface area contributed by atoms with Gasteiger partial charge in [0.2, 0.25) is 0 Å². The first-order valence-corrected chi connectivity index (χ1v) is 5.74. The molecule has 0 rings (SSSR count). The van der Waals surface area contributed by atoms with Gasteiger partial charge in [0, 0.05) is 6.42 Å². The highest BCUT2D eigenvalue weighted by Gasteiger charge is 1.95. The first-order chi connectivity index (χ1) is 5.63. The molecule has 1 atom stereocenters. The van der Waals surface area contributed by atoms with E-state index in [4.69, 9.17) is 0 Å². The van der Waals surface area contributed by atoms with Gasteiger partial charge in [-0.15, -0.1) is 0 Å². The van der Waals surface area contributed by atoms with Crippen LogP contribution in [0.2, 0.25) is 0 Å². The predicted molar refractivity (Wildman–Crippen MR) is 60.6 cm³/mol. The molecule has 0 bridgehead atoms. The standard InChI is InChI=1S/C9H18INO/c1-8(12)6-4-3-5-7-11-9(2)10/h9,11H,3-7H2,1-2H3. The Morgan fingerprint density at radius 2 is 2.08 bits per heavy atom. The molecular weight excluding hydrogens is 265 g/mol. The fourth-order valence-corrected chi connectivity index (χ4v) is 1.29. The van der Waals surface area contributed by atoms with E-state index >= 15 is 0 Å². The van der Waals surface area contributed by atoms with E-state index in [0.29, 0.717) is 9.83 Å². The van der Waals surface area contributed by atoms with Gasteiger partial charge < -0.3 is 10.1 Å². The molecule has 1 unspecified atom stereocenters. The number of carbonyl (C=O) groups is 1. The van der Waals surface area contributed by atoms with Gasteiger partial charge in [-0.3, -0.25) is 0 Å². The minimum atomic E-state index is 0.310. The van der Waals surface area contributed by atoms with Gasteiger partial charge >= 0.3 is 0 Å². The van der Waals surface area contributed by atoms with Crippen LogP contribution in [0.25, 0.3) is 0 Å². The van der Waals surface area contributed by atoms with Crippen molar-refractivity contribution in [1.29, 1.82) is 0 Å². The molecule has 72 valence electrons. The van der Waals surface area contributed by atoms with E-state index in [-0.39, 0.29) is 0 Å². The van der Waals surface area contributed by atoms with Crippen LogP contribution >= 0.6 is 22.6 Å². The minimum absolute atomic E-state index is 0.310. The van der Waals surface area contributed by atoms with E-state index in [1.165, 1.54) is 6.42 Å². The fourth-order valence-electron chi connectivity index (χ4n) is 0.977. The second-order valence-electron chi connectivity index (χ2n) is 3.08. The quantitative estimate of drug-likeness (QED) is 0.337. The maximum absolute atomic E-state index is 10.6. The molecule has 0 aliphatic carbocycles. The molecule has 0 saturated heterocycles. The SMILES string of the molecule is CC(=O)CCCCCNC(C)I. The monoisotopic (exact) mass is 283 g/mol. The van der Waals surface area contributed by atoms with Gasteiger partial charge in [-0.25, -0.2) is 0 Å². The average Bonchev–Trinajstić information content (AvgIpc) is 1.95. The van der Waals surface area contributed by atoms with Gasteiger partial charge in [0.25, 0.3) is 0 Å². The van der Waals surface area contributed by atoms with Crippen LogP contribution in [-0.2, 0) is 4.79 Å². The topological polar surface area (TPSA) is 29.1 Å². The second-order valence-corrected chi connectivity index (χ2v) is 4.95. The van der Waals surface area contributed by atoms with Crippen LogP contribution in [0.4, 0.5) is 0 Å². The zero-order valence-corrected chi connectivity index (χ0v) is 10.1. The van der Waals surface area contributed by atoms with Crippen molar-refractivity contribution in [2.75, 3.05) is 6.54 Å². The molecule has 12 heavy (non-hydrogen) atoms. The molecule has 0 spiro atoms. The molecule has 2 nitrogen and oxygen atoms in total. The zero-order valence-electron chi connectivity index (χ0n) is 7.90. The highest BCUT2D eigenvalue weighted by Crippen LogP contribution is 2.00. The van der Waals surface area contributed by atoms with Crippen molar-refractivity contribution in [3.8, 4) is 0 Å². The smallest absolute Gasteiger partial charge is 0.129 e. The lowest BCUT2D eigenvalue weighted by atomic mass is 10.1. The molecule has 0 aliphatic heterocycles. The third kappa shape index (κ3) is 10.4. The summed E-state index contributed by atoms with van der Waals surface area (Å²) in [5, 5.41) is 3.34. The highest BCUT2D eigenvalue weighted by molar-refractivity contribution is 14.1. The highest BCUT2D eigenvalue weighted by atomic mass is 127. The summed E-state index contributed by atoms with van der Waals surface area (Å²) in [6, 6.07) is 0. The van der Waals surface area contributed by atoms with Crippen molar-refractivity contribution < 1.29 is 4.79 Å². The molecule has 0 amide bonds. The molecule has 0 saturated carbocycles. The Morgan fingerprint density at radius 3 is 2.58 bits per heavy atom. The molecule has 1 N–H and O–H groups in total. The van der Waals surface area contributed by atoms with E-state index in [2.05, 4.69) is 34.8 Å². The predicted octanol–water partition coefficient (Wildman–Crippen LogP) is 2.51. The van der Waals surface area contributed by atoms with Crippen molar-refractivity contribution in [3.05, 3.63) is 0 Å². The first-order valence-electron chi connectivity index (χ1n) is 4.50. The maximum atomic E-state index is 10.6. The lowest BCUT2D eigenvalue weighted by Crippen LogP contribution is -2.20. The van der Waals surface area contributed by atoms with Crippen LogP contribution in [-0.4, -0.2) is 16.4 Å². The van der Waals surface area contributed by atoms with Gasteiger partial charge in [0.15, 0.2) is 0 Å². The van der Waals surface area contributed by atoms with Crippen molar-refractivity contribution in [1.82, 2.24) is 5.32 Å². The third-order valence-electron chi connectivity index (χ3n) is 1.63. The number of alkyl halides is 1. The Hall–Kier alpha value is 0.360. The first kappa shape index (κ1) is 12.4. The largest absolute Gasteiger partial charge is 0.306 e. The van der Waals surface area contributed by atoms with E-state index in [0.717, 1.165) is 25.8 Å². The summed E-state index contributed by atoms with van der Waals surface area (Å²) >= 11 is 2.35. The lowest BCUT2D eigenvalue weighted by Gasteiger charge is -2.05. The number of rotatable bonds is 7. The maximum Gasteiger partial charge on any atom is 0.129 e. The summed E-state index contributed by atoms with van der Waals surface area (Å²) in [6.07, 6.45) is 4.14. The number of ketones is 1. The molecular formula is C9H18INO. The van der Waals surface area contributed by atoms with Gasteiger partial charge in [-0.1, -0.05) is 29.0 Å². The number of nitrogens with one attached hydrogen (secondary N) is 1. The van der Waals surface area contributed by atoms with E-state index in [9.17, 15) is 4.79 Å². The minimum Gasteiger partial charge on any atom is -0.306 e. The Kier molecular flexibility index (Phi) is 8.22. The second kappa shape index (κ2) is 7.98. The zero-order chi connectivity index (χ0) is 9.40. The number of Topliss-reactive ketones (excluding diaryl/α,β-unsaturated/α-hetero) is 1. The van der Waals surface area contributed by atoms with Crippen LogP contribution in [0.15, 0.2) is 0 Å². The summed E-state index contributed by atoms with van der Waals surface area (Å²) in [6.45, 7) is 4.86. The molecule has 0 aromatic rings. The van der Waals surface area contributed by atoms with Crippen LogP contribution in [0, 0.1) is 0 Å². The van der Waals surface area contributed by atoms with Crippen molar-refractivity contribution in [2.45, 2.75) is 43.6 Å². The summed E-state index contributed by atoms with van der Waals surface area (Å²) < 4.78 is 0.551. The van der Waals surface area contributed by atoms with Gasteiger partial charge in [-0.2, -0.15) is 0 Å². The van der Waals surface area contributed by atoms with Crippen molar-refractivity contribution in [3.63, 3.8) is 0 Å². The Labute approximate surface area is 88.6 Å². The molecule has 0 radical (unpaired) electrons. The Morgan fingerprint density at radius 1 is 1.42 bits per heavy atom. The van der Waals surface area contributed by atoms with E-state index < -0.39 is 0 Å². The van der Waals surface area contributed by atoms with E-state index in [1.54, 1.807) is 6.92 Å². The number of unbranched alkanes of at least 4 members (excludes halogenated alkanes) is 2. The Balaban J connectivity index is 2.96. The number of carbonyl (C=O) groups excluding carboxylic acids is 1. The van der Waals surface area contributed by atoms with Crippen molar-refractivity contribution in [2.24, 2.45) is 0 Å². The van der Waals surface area contributed by atoms with Crippen molar-refractivity contribution >= 4 is 28.4 Å². The molecule has 0 fully saturated rings. The molecule has 0 aromatic heterocycles. The number of hydrogen-bond acceptors (Lipinski definition) is 2. The summed E-state index contributed by atoms with van der Waals surface area (Å²) in [7, 11) is 0. The molecule has 0 heterocycles. The van der Waals surface area contributed by atoms with Crippen LogP contribution in [0.3, 0.4) is 0 Å². The summed E-state index contributed by atoms with van der Waals surface area (Å²) in [5.74, 6) is 0.310. The summed E-state index contributed by atoms with van der Waals surface area (Å²) in [4.78, 5) is 10.6. The van der Waals surface area contributed by atoms with Crippen LogP contribution in [0.5, 0.6) is 0 Å². The van der Waals surface area contributed by atoms with Crippen LogP contribution < -0.4 is 5.32 Å².